The minimum Gasteiger partial charge on any atom is -0.460 e. The molecule has 0 spiro atoms. The fourth-order valence-electron chi connectivity index (χ4n) is 4.10. The van der Waals surface area contributed by atoms with Crippen LogP contribution in [-0.2, 0) is 42.8 Å². The maximum absolute atomic E-state index is 12.2. The third-order valence-electron chi connectivity index (χ3n) is 5.88. The molecule has 2 bridgehead atoms. The van der Waals surface area contributed by atoms with E-state index < -0.39 is 56.8 Å². The molecule has 0 aliphatic carbocycles. The van der Waals surface area contributed by atoms with E-state index in [1.807, 2.05) is 0 Å². The quantitative estimate of drug-likeness (QED) is 0.258. The average Bonchev–Trinajstić information content (AvgIpc) is 3.07. The van der Waals surface area contributed by atoms with Crippen molar-refractivity contribution in [2.75, 3.05) is 19.8 Å². The Morgan fingerprint density at radius 1 is 1.19 bits per heavy atom. The van der Waals surface area contributed by atoms with E-state index in [9.17, 15) is 18.0 Å². The van der Waals surface area contributed by atoms with E-state index >= 15 is 0 Å². The normalized spacial score (nSPS) is 40.7. The van der Waals surface area contributed by atoms with Crippen LogP contribution in [0, 0.1) is 0 Å². The predicted octanol–water partition coefficient (Wildman–Crippen LogP) is 0.473. The van der Waals surface area contributed by atoms with Crippen LogP contribution in [0.3, 0.4) is 0 Å². The van der Waals surface area contributed by atoms with Gasteiger partial charge in [-0.1, -0.05) is 6.58 Å². The van der Waals surface area contributed by atoms with Crippen molar-refractivity contribution in [2.45, 2.75) is 62.3 Å². The third kappa shape index (κ3) is 2.89. The second-order valence-corrected chi connectivity index (χ2v) is 9.41. The van der Waals surface area contributed by atoms with Crippen molar-refractivity contribution in [3.05, 3.63) is 12.2 Å². The minimum absolute atomic E-state index is 0.0989. The summed E-state index contributed by atoms with van der Waals surface area (Å²) in [5, 5.41) is -0.723. The monoisotopic (exact) mass is 404 g/mol. The largest absolute Gasteiger partial charge is 0.460 e. The summed E-state index contributed by atoms with van der Waals surface area (Å²) in [5.74, 6) is -1.24. The molecule has 3 saturated heterocycles. The molecule has 0 amide bonds. The van der Waals surface area contributed by atoms with Crippen LogP contribution in [0.1, 0.15) is 34.1 Å². The highest BCUT2D eigenvalue weighted by molar-refractivity contribution is 7.87. The van der Waals surface area contributed by atoms with Gasteiger partial charge in [-0.3, -0.25) is 4.18 Å². The van der Waals surface area contributed by atoms with E-state index in [-0.39, 0.29) is 25.2 Å². The number of carbonyl (C=O) groups excluding carboxylic acids is 2. The third-order valence-corrected chi connectivity index (χ3v) is 7.62. The number of hydrogen-bond acceptors (Lipinski definition) is 9. The second-order valence-electron chi connectivity index (χ2n) is 7.65. The summed E-state index contributed by atoms with van der Waals surface area (Å²) in [6, 6.07) is 0. The van der Waals surface area contributed by atoms with Crippen molar-refractivity contribution in [1.82, 2.24) is 0 Å². The Bertz CT molecular complexity index is 790. The summed E-state index contributed by atoms with van der Waals surface area (Å²) >= 11 is 0. The summed E-state index contributed by atoms with van der Waals surface area (Å²) in [5.41, 5.74) is -3.03. The van der Waals surface area contributed by atoms with Crippen molar-refractivity contribution in [3.8, 4) is 0 Å². The molecule has 3 aliphatic heterocycles. The van der Waals surface area contributed by atoms with Crippen molar-refractivity contribution >= 4 is 22.1 Å². The van der Waals surface area contributed by atoms with Crippen LogP contribution in [0.2, 0.25) is 0 Å². The van der Waals surface area contributed by atoms with Crippen molar-refractivity contribution < 1.29 is 41.1 Å². The molecule has 10 heteroatoms. The second kappa shape index (κ2) is 6.26. The number of ether oxygens (including phenoxy) is 4. The highest BCUT2D eigenvalue weighted by Gasteiger charge is 2.82. The lowest BCUT2D eigenvalue weighted by Gasteiger charge is -2.45. The van der Waals surface area contributed by atoms with Crippen LogP contribution in [-0.4, -0.2) is 68.3 Å². The molecule has 5 unspecified atom stereocenters. The molecule has 0 aromatic rings. The summed E-state index contributed by atoms with van der Waals surface area (Å²) in [6.45, 7) is 9.39. The molecule has 3 heterocycles. The molecule has 0 N–H and O–H groups in total. The van der Waals surface area contributed by atoms with Gasteiger partial charge in [0.2, 0.25) is 0 Å². The molecule has 0 radical (unpaired) electrons. The van der Waals surface area contributed by atoms with Crippen LogP contribution in [0.5, 0.6) is 0 Å². The first-order valence-corrected chi connectivity index (χ1v) is 10.1. The Kier molecular flexibility index (Phi) is 4.70. The number of esters is 2. The minimum atomic E-state index is -3.75. The van der Waals surface area contributed by atoms with E-state index in [1.165, 1.54) is 6.92 Å². The van der Waals surface area contributed by atoms with Crippen LogP contribution in [0.15, 0.2) is 12.2 Å². The fourth-order valence-corrected chi connectivity index (χ4v) is 6.10. The predicted molar refractivity (Wildman–Crippen MR) is 91.2 cm³/mol. The van der Waals surface area contributed by atoms with E-state index in [4.69, 9.17) is 23.1 Å². The zero-order valence-corrected chi connectivity index (χ0v) is 16.6. The molecule has 0 saturated carbocycles. The summed E-state index contributed by atoms with van der Waals surface area (Å²) in [7, 11) is -3.75. The van der Waals surface area contributed by atoms with Crippen LogP contribution < -0.4 is 0 Å². The van der Waals surface area contributed by atoms with E-state index in [0.29, 0.717) is 0 Å². The highest BCUT2D eigenvalue weighted by atomic mass is 32.2. The summed E-state index contributed by atoms with van der Waals surface area (Å²) < 4.78 is 51.4. The lowest BCUT2D eigenvalue weighted by molar-refractivity contribution is -0.190. The zero-order valence-electron chi connectivity index (χ0n) is 15.8. The SMILES string of the molecule is C=C(C)C(=O)OCCOC(=O)COC1(C)C2(C)CC3C(O2)C1(C)OS3(=O)=O. The topological polar surface area (TPSA) is 114 Å². The van der Waals surface area contributed by atoms with Gasteiger partial charge in [-0.15, -0.1) is 0 Å². The Morgan fingerprint density at radius 3 is 2.44 bits per heavy atom. The molecule has 5 atom stereocenters. The molecule has 9 nitrogen and oxygen atoms in total. The fraction of sp³-hybridized carbons (Fsp3) is 0.765. The molecule has 0 aromatic heterocycles. The van der Waals surface area contributed by atoms with Gasteiger partial charge in [0.25, 0.3) is 10.1 Å². The summed E-state index contributed by atoms with van der Waals surface area (Å²) in [4.78, 5) is 23.2. The van der Waals surface area contributed by atoms with Gasteiger partial charge in [0.05, 0.1) is 5.60 Å². The Labute approximate surface area is 158 Å². The zero-order chi connectivity index (χ0) is 20.3. The van der Waals surface area contributed by atoms with Crippen LogP contribution in [0.4, 0.5) is 0 Å². The molecule has 27 heavy (non-hydrogen) atoms. The van der Waals surface area contributed by atoms with E-state index in [1.54, 1.807) is 20.8 Å². The first-order chi connectivity index (χ1) is 12.4. The van der Waals surface area contributed by atoms with Crippen molar-refractivity contribution in [2.24, 2.45) is 0 Å². The number of hydrogen-bond donors (Lipinski definition) is 0. The van der Waals surface area contributed by atoms with Gasteiger partial charge in [0.1, 0.15) is 42.4 Å². The Morgan fingerprint density at radius 2 is 1.81 bits per heavy atom. The molecular weight excluding hydrogens is 380 g/mol. The molecular formula is C17H24O9S. The lowest BCUT2D eigenvalue weighted by atomic mass is 9.67. The van der Waals surface area contributed by atoms with Crippen LogP contribution in [0.25, 0.3) is 0 Å². The standard InChI is InChI=1S/C17H24O9S/c1-10(2)14(19)23-7-6-22-12(18)9-24-17(5)15(3)8-11-13(25-15)16(17,4)26-27(11,20)21/h11,13H,1,6-9H2,2-5H3. The number of fused-ring (bicyclic) bond motifs is 1. The highest BCUT2D eigenvalue weighted by Crippen LogP contribution is 2.64. The van der Waals surface area contributed by atoms with Gasteiger partial charge in [0.15, 0.2) is 0 Å². The number of carbonyl (C=O) groups is 2. The maximum atomic E-state index is 12.2. The van der Waals surface area contributed by atoms with Crippen molar-refractivity contribution in [3.63, 3.8) is 0 Å². The van der Waals surface area contributed by atoms with Gasteiger partial charge in [-0.2, -0.15) is 8.42 Å². The van der Waals surface area contributed by atoms with Gasteiger partial charge in [-0.05, 0) is 27.7 Å². The lowest BCUT2D eigenvalue weighted by Crippen LogP contribution is -2.64. The van der Waals surface area contributed by atoms with E-state index in [2.05, 4.69) is 6.58 Å². The average molecular weight is 404 g/mol. The van der Waals surface area contributed by atoms with Gasteiger partial charge >= 0.3 is 11.9 Å². The van der Waals surface area contributed by atoms with Crippen molar-refractivity contribution in [1.29, 1.82) is 0 Å². The van der Waals surface area contributed by atoms with Gasteiger partial charge in [-0.25, -0.2) is 9.59 Å². The maximum Gasteiger partial charge on any atom is 0.333 e. The van der Waals surface area contributed by atoms with Gasteiger partial charge in [0, 0.05) is 12.0 Å². The van der Waals surface area contributed by atoms with E-state index in [0.717, 1.165) is 0 Å². The smallest absolute Gasteiger partial charge is 0.333 e. The van der Waals surface area contributed by atoms with Crippen LogP contribution >= 0.6 is 0 Å². The Hall–Kier alpha value is -1.49. The molecule has 0 aromatic carbocycles. The molecule has 3 fully saturated rings. The molecule has 3 aliphatic rings. The number of rotatable bonds is 7. The van der Waals surface area contributed by atoms with Gasteiger partial charge < -0.3 is 18.9 Å². The first-order valence-electron chi connectivity index (χ1n) is 8.61. The first kappa shape index (κ1) is 20.2. The molecule has 3 rings (SSSR count). The summed E-state index contributed by atoms with van der Waals surface area (Å²) in [6.07, 6.45) is -0.409. The molecule has 152 valence electrons. The Balaban J connectivity index is 1.57.